The number of nitrogens with zero attached hydrogens (tertiary/aromatic N) is 2. The van der Waals surface area contributed by atoms with E-state index in [9.17, 15) is 14.7 Å². The number of hydrogen-bond acceptors (Lipinski definition) is 7. The van der Waals surface area contributed by atoms with Gasteiger partial charge in [0.1, 0.15) is 18.4 Å². The summed E-state index contributed by atoms with van der Waals surface area (Å²) in [5, 5.41) is 13.3. The number of aryl methyl sites for hydroxylation is 1. The molecule has 272 valence electrons. The lowest BCUT2D eigenvalue weighted by Crippen LogP contribution is -2.55. The van der Waals surface area contributed by atoms with Gasteiger partial charge in [-0.1, -0.05) is 73.7 Å². The zero-order chi connectivity index (χ0) is 37.1. The molecule has 0 saturated carbocycles. The van der Waals surface area contributed by atoms with Crippen LogP contribution in [0.25, 0.3) is 11.1 Å². The Morgan fingerprint density at radius 1 is 0.962 bits per heavy atom. The second-order valence-corrected chi connectivity index (χ2v) is 13.9. The highest BCUT2D eigenvalue weighted by atomic mass is 16.6. The van der Waals surface area contributed by atoms with Gasteiger partial charge in [0.25, 0.3) is 0 Å². The summed E-state index contributed by atoms with van der Waals surface area (Å²) in [4.78, 5) is 33.5. The number of benzene rings is 4. The summed E-state index contributed by atoms with van der Waals surface area (Å²) >= 11 is 0. The summed E-state index contributed by atoms with van der Waals surface area (Å²) in [5.41, 5.74) is 9.14. The molecule has 1 aromatic heterocycles. The predicted molar refractivity (Wildman–Crippen MR) is 203 cm³/mol. The summed E-state index contributed by atoms with van der Waals surface area (Å²) < 4.78 is 18.0. The van der Waals surface area contributed by atoms with Gasteiger partial charge in [-0.15, -0.1) is 0 Å². The molecule has 2 aliphatic heterocycles. The van der Waals surface area contributed by atoms with Gasteiger partial charge in [0.2, 0.25) is 5.91 Å². The summed E-state index contributed by atoms with van der Waals surface area (Å²) in [7, 11) is 1.64. The van der Waals surface area contributed by atoms with Crippen molar-refractivity contribution in [1.82, 2.24) is 15.2 Å². The van der Waals surface area contributed by atoms with Crippen LogP contribution in [0.5, 0.6) is 17.2 Å². The molecule has 1 amide bonds. The zero-order valence-corrected chi connectivity index (χ0v) is 30.5. The Morgan fingerprint density at radius 2 is 1.70 bits per heavy atom. The molecule has 0 spiro atoms. The van der Waals surface area contributed by atoms with Crippen molar-refractivity contribution in [3.05, 3.63) is 142 Å². The Hall–Kier alpha value is -5.67. The first-order chi connectivity index (χ1) is 25.7. The number of rotatable bonds is 11. The largest absolute Gasteiger partial charge is 0.497 e. The zero-order valence-electron chi connectivity index (χ0n) is 30.5. The predicted octanol–water partition coefficient (Wildman–Crippen LogP) is 7.58. The number of aromatic nitrogens is 1. The fourth-order valence-corrected chi connectivity index (χ4v) is 7.54. The Labute approximate surface area is 310 Å². The molecule has 4 aromatic carbocycles. The third kappa shape index (κ3) is 7.62. The van der Waals surface area contributed by atoms with Crippen LogP contribution in [0.4, 0.5) is 0 Å². The van der Waals surface area contributed by atoms with Gasteiger partial charge in [-0.2, -0.15) is 0 Å². The van der Waals surface area contributed by atoms with Gasteiger partial charge in [-0.3, -0.25) is 14.7 Å². The maximum Gasteiger partial charge on any atom is 0.326 e. The minimum absolute atomic E-state index is 0.0727. The minimum Gasteiger partial charge on any atom is -0.497 e. The highest BCUT2D eigenvalue weighted by molar-refractivity contribution is 5.87. The van der Waals surface area contributed by atoms with E-state index in [2.05, 4.69) is 34.3 Å². The van der Waals surface area contributed by atoms with Crippen molar-refractivity contribution < 1.29 is 28.9 Å². The second-order valence-electron chi connectivity index (χ2n) is 13.9. The topological polar surface area (TPSA) is 110 Å². The summed E-state index contributed by atoms with van der Waals surface area (Å²) in [5.74, 6) is 0.689. The number of pyridine rings is 1. The van der Waals surface area contributed by atoms with Crippen molar-refractivity contribution in [2.75, 3.05) is 13.7 Å². The van der Waals surface area contributed by atoms with E-state index in [-0.39, 0.29) is 24.5 Å². The van der Waals surface area contributed by atoms with Crippen molar-refractivity contribution >= 4 is 11.9 Å². The molecule has 0 saturated heterocycles. The van der Waals surface area contributed by atoms with Crippen LogP contribution >= 0.6 is 0 Å². The second kappa shape index (κ2) is 15.5. The number of carbonyl (C=O) groups excluding carboxylic acids is 1. The molecule has 0 fully saturated rings. The van der Waals surface area contributed by atoms with Gasteiger partial charge in [0.15, 0.2) is 17.6 Å². The molecular formula is C44H45N3O6. The number of nitrogens with one attached hydrogen (secondary N) is 1. The van der Waals surface area contributed by atoms with Crippen LogP contribution < -0.4 is 19.5 Å². The Bertz CT molecular complexity index is 2080. The van der Waals surface area contributed by atoms with Gasteiger partial charge in [0.05, 0.1) is 13.2 Å². The molecule has 0 aliphatic carbocycles. The standard InChI is InChI=1S/C44H45N3O6/c1-5-38(31-9-7-6-8-10-31)47-25-34-24-41-40(52-26-42(53-41)32-15-17-35(51-4)18-16-32)23-33(34)22-39(47)43(48)46-37(44(49)50)21-29-11-13-30(14-12-29)36-19-20-45-28(3)27(36)2/h6-20,23-24,37-39,42H,5,21-22,25-26H2,1-4H3,(H,46,48)(H,49,50)/t37?,38-,39-,42+/m0/s1. The molecule has 7 rings (SSSR count). The lowest BCUT2D eigenvalue weighted by atomic mass is 9.89. The fraction of sp³-hybridized carbons (Fsp3) is 0.295. The number of ether oxygens (including phenoxy) is 3. The maximum absolute atomic E-state index is 14.3. The van der Waals surface area contributed by atoms with E-state index in [1.54, 1.807) is 13.3 Å². The lowest BCUT2D eigenvalue weighted by molar-refractivity contribution is -0.143. The van der Waals surface area contributed by atoms with Crippen LogP contribution in [-0.2, 0) is 29.0 Å². The van der Waals surface area contributed by atoms with Crippen LogP contribution in [0.1, 0.15) is 64.6 Å². The van der Waals surface area contributed by atoms with Gasteiger partial charge in [-0.25, -0.2) is 4.79 Å². The Balaban J connectivity index is 1.14. The number of aliphatic carboxylic acids is 1. The molecular weight excluding hydrogens is 666 g/mol. The van der Waals surface area contributed by atoms with Gasteiger partial charge < -0.3 is 24.6 Å². The average Bonchev–Trinajstić information content (AvgIpc) is 3.18. The van der Waals surface area contributed by atoms with Crippen molar-refractivity contribution in [3.63, 3.8) is 0 Å². The summed E-state index contributed by atoms with van der Waals surface area (Å²) in [6.45, 7) is 6.98. The van der Waals surface area contributed by atoms with Crippen LogP contribution in [0, 0.1) is 13.8 Å². The van der Waals surface area contributed by atoms with E-state index < -0.39 is 18.1 Å². The lowest BCUT2D eigenvalue weighted by Gasteiger charge is -2.42. The number of fused-ring (bicyclic) bond motifs is 2. The summed E-state index contributed by atoms with van der Waals surface area (Å²) in [6.07, 6.45) is 2.84. The van der Waals surface area contributed by atoms with Crippen molar-refractivity contribution in [2.24, 2.45) is 0 Å². The first-order valence-electron chi connectivity index (χ1n) is 18.2. The smallest absolute Gasteiger partial charge is 0.326 e. The molecule has 2 N–H and O–H groups in total. The number of carbonyl (C=O) groups is 2. The third-order valence-corrected chi connectivity index (χ3v) is 10.6. The molecule has 2 aliphatic rings. The van der Waals surface area contributed by atoms with E-state index in [0.29, 0.717) is 31.1 Å². The number of hydrogen-bond donors (Lipinski definition) is 2. The fourth-order valence-electron chi connectivity index (χ4n) is 7.54. The number of methoxy groups -OCH3 is 1. The van der Waals surface area contributed by atoms with Gasteiger partial charge in [0, 0.05) is 30.9 Å². The van der Waals surface area contributed by atoms with E-state index in [1.807, 2.05) is 98.8 Å². The van der Waals surface area contributed by atoms with Crippen molar-refractivity contribution in [2.45, 2.75) is 70.8 Å². The average molecular weight is 712 g/mol. The Morgan fingerprint density at radius 3 is 2.40 bits per heavy atom. The number of carboxylic acids is 1. The van der Waals surface area contributed by atoms with E-state index in [0.717, 1.165) is 62.4 Å². The first-order valence-corrected chi connectivity index (χ1v) is 18.2. The first kappa shape index (κ1) is 35.7. The molecule has 9 heteroatoms. The van der Waals surface area contributed by atoms with Crippen LogP contribution in [0.3, 0.4) is 0 Å². The molecule has 1 unspecified atom stereocenters. The van der Waals surface area contributed by atoms with Crippen molar-refractivity contribution in [3.8, 4) is 28.4 Å². The molecule has 5 aromatic rings. The van der Waals surface area contributed by atoms with Gasteiger partial charge in [-0.05, 0) is 102 Å². The SMILES string of the molecule is CC[C@@H](c1ccccc1)N1Cc2cc3c(cc2C[C@H]1C(=O)NC(Cc1ccc(-c2ccnc(C)c2C)cc1)C(=O)O)OC[C@H](c1ccc(OC)cc1)O3. The molecule has 4 atom stereocenters. The molecule has 3 heterocycles. The van der Waals surface area contributed by atoms with Gasteiger partial charge >= 0.3 is 5.97 Å². The minimum atomic E-state index is -1.10. The van der Waals surface area contributed by atoms with E-state index in [4.69, 9.17) is 14.2 Å². The Kier molecular flexibility index (Phi) is 10.5. The molecule has 0 bridgehead atoms. The molecule has 53 heavy (non-hydrogen) atoms. The molecule has 9 nitrogen and oxygen atoms in total. The monoisotopic (exact) mass is 711 g/mol. The highest BCUT2D eigenvalue weighted by Gasteiger charge is 2.38. The van der Waals surface area contributed by atoms with Crippen molar-refractivity contribution in [1.29, 1.82) is 0 Å². The maximum atomic E-state index is 14.3. The normalized spacial score (nSPS) is 17.7. The third-order valence-electron chi connectivity index (χ3n) is 10.6. The van der Waals surface area contributed by atoms with Crippen LogP contribution in [0.15, 0.2) is 103 Å². The highest BCUT2D eigenvalue weighted by Crippen LogP contribution is 2.42. The number of amides is 1. The van der Waals surface area contributed by atoms with Crippen LogP contribution in [-0.4, -0.2) is 52.7 Å². The van der Waals surface area contributed by atoms with E-state index in [1.165, 1.54) is 0 Å². The van der Waals surface area contributed by atoms with E-state index >= 15 is 0 Å². The van der Waals surface area contributed by atoms with Crippen LogP contribution in [0.2, 0.25) is 0 Å². The quantitative estimate of drug-likeness (QED) is 0.144. The summed E-state index contributed by atoms with van der Waals surface area (Å²) in [6, 6.07) is 30.0. The molecule has 0 radical (unpaired) electrons. The number of carboxylic acid groups (broad SMARTS) is 1.